The number of halogens is 3. The lowest BCUT2D eigenvalue weighted by atomic mass is 9.96. The first-order chi connectivity index (χ1) is 16.0. The van der Waals surface area contributed by atoms with Crippen molar-refractivity contribution in [2.45, 2.75) is 26.4 Å². The number of hydrogen-bond donors (Lipinski definition) is 1. The number of nitrogens with zero attached hydrogens (tertiary/aromatic N) is 5. The zero-order chi connectivity index (χ0) is 25.0. The van der Waals surface area contributed by atoms with Crippen molar-refractivity contribution in [1.82, 2.24) is 19.5 Å². The second-order valence-electron chi connectivity index (χ2n) is 7.49. The Kier molecular flexibility index (Phi) is 7.14. The van der Waals surface area contributed by atoms with Gasteiger partial charge in [0.15, 0.2) is 11.6 Å². The average molecular weight is 472 g/mol. The first kappa shape index (κ1) is 24.6. The number of carbonyl (C=O) groups excluding carboxylic acids is 1. The van der Waals surface area contributed by atoms with Crippen LogP contribution >= 0.6 is 0 Å². The van der Waals surface area contributed by atoms with Crippen molar-refractivity contribution in [2.24, 2.45) is 10.9 Å². The highest BCUT2D eigenvalue weighted by atomic mass is 19.4. The number of alkyl halides is 3. The minimum atomic E-state index is -4.77. The van der Waals surface area contributed by atoms with Gasteiger partial charge in [0.2, 0.25) is 11.7 Å². The Balaban J connectivity index is 1.99. The number of carbonyl (C=O) groups is 1. The quantitative estimate of drug-likeness (QED) is 0.516. The van der Waals surface area contributed by atoms with Crippen LogP contribution in [0.4, 0.5) is 19.0 Å². The number of allylic oxidation sites excluding steroid dienone is 2. The second-order valence-corrected chi connectivity index (χ2v) is 7.49. The predicted molar refractivity (Wildman–Crippen MR) is 122 cm³/mol. The molecule has 178 valence electrons. The fourth-order valence-corrected chi connectivity index (χ4v) is 3.17. The van der Waals surface area contributed by atoms with Gasteiger partial charge < -0.3 is 10.1 Å². The van der Waals surface area contributed by atoms with Crippen LogP contribution in [0.15, 0.2) is 53.1 Å². The molecule has 1 unspecified atom stereocenters. The molecule has 34 heavy (non-hydrogen) atoms. The maximum Gasteiger partial charge on any atom is 0.450 e. The van der Waals surface area contributed by atoms with Crippen LogP contribution in [0.3, 0.4) is 0 Å². The van der Waals surface area contributed by atoms with E-state index >= 15 is 0 Å². The molecule has 0 bridgehead atoms. The van der Waals surface area contributed by atoms with E-state index in [2.05, 4.69) is 38.4 Å². The lowest BCUT2D eigenvalue weighted by Crippen LogP contribution is -2.30. The molecule has 0 fully saturated rings. The molecule has 0 saturated heterocycles. The van der Waals surface area contributed by atoms with Gasteiger partial charge in [-0.2, -0.15) is 13.2 Å². The predicted octanol–water partition coefficient (Wildman–Crippen LogP) is 2.91. The molecule has 1 amide bonds. The topological polar surface area (TPSA) is 94.3 Å². The number of amides is 1. The number of rotatable bonds is 6. The summed E-state index contributed by atoms with van der Waals surface area (Å²) in [5, 5.41) is 2.59. The summed E-state index contributed by atoms with van der Waals surface area (Å²) in [5.41, 5.74) is 1.39. The largest absolute Gasteiger partial charge is 0.497 e. The number of anilines is 1. The molecule has 1 N–H and O–H groups in total. The van der Waals surface area contributed by atoms with Gasteiger partial charge in [0.1, 0.15) is 5.76 Å². The number of nitrogens with one attached hydrogen (secondary N) is 1. The number of hydrogen-bond acceptors (Lipinski definition) is 6. The SMILES string of the molecule is C=C(OC)/C(C)=C/C=c1\c(=C)nc(C(F)(F)F)n1-c1cnc(NC(=O)C2CC=NC=C2C)cn1. The van der Waals surface area contributed by atoms with Gasteiger partial charge in [0.05, 0.1) is 36.1 Å². The third kappa shape index (κ3) is 5.30. The van der Waals surface area contributed by atoms with Gasteiger partial charge in [-0.25, -0.2) is 15.0 Å². The van der Waals surface area contributed by atoms with Gasteiger partial charge in [0.25, 0.3) is 0 Å². The smallest absolute Gasteiger partial charge is 0.450 e. The Bertz CT molecular complexity index is 1300. The van der Waals surface area contributed by atoms with Crippen LogP contribution < -0.4 is 16.0 Å². The highest BCUT2D eigenvalue weighted by Gasteiger charge is 2.38. The molecule has 3 heterocycles. The minimum absolute atomic E-state index is 0.0592. The summed E-state index contributed by atoms with van der Waals surface area (Å²) in [7, 11) is 1.44. The summed E-state index contributed by atoms with van der Waals surface area (Å²) in [6.07, 6.45) is 4.18. The Hall–Kier alpha value is -4.02. The van der Waals surface area contributed by atoms with Gasteiger partial charge in [-0.3, -0.25) is 14.4 Å². The highest BCUT2D eigenvalue weighted by molar-refractivity contribution is 5.95. The fourth-order valence-electron chi connectivity index (χ4n) is 3.17. The monoisotopic (exact) mass is 472 g/mol. The van der Waals surface area contributed by atoms with E-state index in [0.29, 0.717) is 17.8 Å². The third-order valence-electron chi connectivity index (χ3n) is 5.13. The van der Waals surface area contributed by atoms with E-state index in [4.69, 9.17) is 4.74 Å². The number of imidazole rings is 1. The first-order valence-corrected chi connectivity index (χ1v) is 10.1. The molecular formula is C23H23F3N6O2. The molecule has 0 saturated carbocycles. The van der Waals surface area contributed by atoms with Gasteiger partial charge in [-0.15, -0.1) is 0 Å². The summed E-state index contributed by atoms with van der Waals surface area (Å²) >= 11 is 0. The highest BCUT2D eigenvalue weighted by Crippen LogP contribution is 2.27. The molecule has 8 nitrogen and oxygen atoms in total. The van der Waals surface area contributed by atoms with Gasteiger partial charge >= 0.3 is 6.18 Å². The Labute approximate surface area is 193 Å². The van der Waals surface area contributed by atoms with E-state index in [9.17, 15) is 18.0 Å². The summed E-state index contributed by atoms with van der Waals surface area (Å²) < 4.78 is 47.0. The van der Waals surface area contributed by atoms with Crippen LogP contribution in [-0.4, -0.2) is 38.8 Å². The minimum Gasteiger partial charge on any atom is -0.497 e. The molecule has 3 rings (SSSR count). The number of ether oxygens (including phenoxy) is 1. The average Bonchev–Trinajstić information content (AvgIpc) is 3.14. The van der Waals surface area contributed by atoms with Crippen molar-refractivity contribution in [3.05, 3.63) is 64.7 Å². The molecule has 0 aromatic carbocycles. The maximum atomic E-state index is 13.7. The molecule has 11 heteroatoms. The molecule has 2 aromatic heterocycles. The molecular weight excluding hydrogens is 449 g/mol. The van der Waals surface area contributed by atoms with Crippen LogP contribution in [0.25, 0.3) is 18.5 Å². The lowest BCUT2D eigenvalue weighted by Gasteiger charge is -2.17. The maximum absolute atomic E-state index is 13.7. The Morgan fingerprint density at radius 2 is 2.06 bits per heavy atom. The van der Waals surface area contributed by atoms with Gasteiger partial charge in [-0.1, -0.05) is 19.2 Å². The standard InChI is InChI=1S/C23H23F3N6O2/c1-13(16(4)34-5)6-7-18-15(3)30-22(23(24,25)26)32(18)20-12-28-19(11-29-20)31-21(33)17-8-9-27-10-14(17)2/h6-7,9-12,17H,3-4,8H2,1-2,5H3,(H,28,31,33)/b13-6+,18-7+. The molecule has 1 aliphatic rings. The van der Waals surface area contributed by atoms with Crippen molar-refractivity contribution in [3.8, 4) is 5.82 Å². The first-order valence-electron chi connectivity index (χ1n) is 10.1. The fraction of sp³-hybridized carbons (Fsp3) is 0.261. The van der Waals surface area contributed by atoms with Crippen molar-refractivity contribution < 1.29 is 22.7 Å². The van der Waals surface area contributed by atoms with Crippen LogP contribution in [0, 0.1) is 5.92 Å². The molecule has 0 aliphatic carbocycles. The van der Waals surface area contributed by atoms with Crippen LogP contribution in [0.5, 0.6) is 0 Å². The number of aliphatic imine (C=N–C) groups is 1. The molecule has 2 aromatic rings. The van der Waals surface area contributed by atoms with Crippen LogP contribution in [0.1, 0.15) is 26.1 Å². The van der Waals surface area contributed by atoms with E-state index in [0.717, 1.165) is 16.3 Å². The number of aromatic nitrogens is 4. The second kappa shape index (κ2) is 9.86. The Morgan fingerprint density at radius 3 is 2.65 bits per heavy atom. The lowest BCUT2D eigenvalue weighted by molar-refractivity contribution is -0.146. The molecule has 0 spiro atoms. The summed E-state index contributed by atoms with van der Waals surface area (Å²) in [6, 6.07) is 0. The van der Waals surface area contributed by atoms with E-state index in [1.807, 2.05) is 0 Å². The zero-order valence-electron chi connectivity index (χ0n) is 18.8. The van der Waals surface area contributed by atoms with Crippen LogP contribution in [-0.2, 0) is 15.7 Å². The van der Waals surface area contributed by atoms with Crippen molar-refractivity contribution >= 4 is 30.6 Å². The van der Waals surface area contributed by atoms with Crippen molar-refractivity contribution in [2.75, 3.05) is 12.4 Å². The normalized spacial score (nSPS) is 16.9. The molecule has 1 aliphatic heterocycles. The Morgan fingerprint density at radius 1 is 1.32 bits per heavy atom. The van der Waals surface area contributed by atoms with Crippen LogP contribution in [0.2, 0.25) is 0 Å². The summed E-state index contributed by atoms with van der Waals surface area (Å²) in [6.45, 7) is 10.8. The van der Waals surface area contributed by atoms with Gasteiger partial charge in [0, 0.05) is 12.4 Å². The van der Waals surface area contributed by atoms with E-state index in [-0.39, 0.29) is 28.2 Å². The van der Waals surface area contributed by atoms with E-state index in [1.54, 1.807) is 32.3 Å². The summed E-state index contributed by atoms with van der Waals surface area (Å²) in [5.74, 6) is -1.60. The summed E-state index contributed by atoms with van der Waals surface area (Å²) in [4.78, 5) is 28.3. The van der Waals surface area contributed by atoms with Crippen molar-refractivity contribution in [1.29, 1.82) is 0 Å². The van der Waals surface area contributed by atoms with Crippen molar-refractivity contribution in [3.63, 3.8) is 0 Å². The molecule has 1 atom stereocenters. The van der Waals surface area contributed by atoms with E-state index < -0.39 is 17.9 Å². The molecule has 0 radical (unpaired) electrons. The third-order valence-corrected chi connectivity index (χ3v) is 5.13. The number of methoxy groups -OCH3 is 1. The van der Waals surface area contributed by atoms with Gasteiger partial charge in [-0.05, 0) is 37.5 Å². The zero-order valence-corrected chi connectivity index (χ0v) is 18.8. The van der Waals surface area contributed by atoms with E-state index in [1.165, 1.54) is 19.4 Å².